The van der Waals surface area contributed by atoms with Gasteiger partial charge in [0, 0.05) is 30.6 Å². The van der Waals surface area contributed by atoms with Gasteiger partial charge in [-0.3, -0.25) is 0 Å². The minimum atomic E-state index is -3.66. The maximum absolute atomic E-state index is 13.2. The molecule has 0 radical (unpaired) electrons. The summed E-state index contributed by atoms with van der Waals surface area (Å²) in [7, 11) is -2.11. The normalized spacial score (nSPS) is 21.2. The fourth-order valence-corrected chi connectivity index (χ4v) is 7.48. The first kappa shape index (κ1) is 28.9. The average Bonchev–Trinajstić information content (AvgIpc) is 3.02. The summed E-state index contributed by atoms with van der Waals surface area (Å²) >= 11 is 0. The van der Waals surface area contributed by atoms with Crippen LogP contribution in [0.2, 0.25) is 0 Å². The van der Waals surface area contributed by atoms with Gasteiger partial charge in [0.05, 0.1) is 36.7 Å². The molecule has 0 spiro atoms. The Hall–Kier alpha value is -2.66. The van der Waals surface area contributed by atoms with Crippen LogP contribution in [0.25, 0.3) is 0 Å². The lowest BCUT2D eigenvalue weighted by atomic mass is 9.82. The first-order chi connectivity index (χ1) is 19.4. The molecule has 1 amide bonds. The molecule has 9 nitrogen and oxygen atoms in total. The van der Waals surface area contributed by atoms with Gasteiger partial charge in [0.25, 0.3) is 0 Å². The molecule has 0 aliphatic carbocycles. The fraction of sp³-hybridized carbons (Fsp3) is 0.567. The van der Waals surface area contributed by atoms with Crippen LogP contribution in [-0.2, 0) is 29.8 Å². The van der Waals surface area contributed by atoms with Crippen molar-refractivity contribution in [2.75, 3.05) is 53.1 Å². The zero-order valence-electron chi connectivity index (χ0n) is 23.4. The summed E-state index contributed by atoms with van der Waals surface area (Å²) in [4.78, 5) is 16.9. The molecule has 3 aliphatic rings. The van der Waals surface area contributed by atoms with E-state index in [0.717, 1.165) is 63.8 Å². The molecule has 218 valence electrons. The Labute approximate surface area is 237 Å². The molecule has 2 aromatic carbocycles. The lowest BCUT2D eigenvalue weighted by Crippen LogP contribution is -2.53. The van der Waals surface area contributed by atoms with Crippen molar-refractivity contribution in [3.05, 3.63) is 54.1 Å². The van der Waals surface area contributed by atoms with E-state index in [9.17, 15) is 13.2 Å². The highest BCUT2D eigenvalue weighted by Crippen LogP contribution is 2.44. The van der Waals surface area contributed by atoms with Gasteiger partial charge < -0.3 is 28.7 Å². The molecule has 5 rings (SSSR count). The topological polar surface area (TPSA) is 94.6 Å². The highest BCUT2D eigenvalue weighted by Gasteiger charge is 2.46. The SMILES string of the molecule is CCOC(=O)N1CCC(N2CCC(C3(c4ccc(S(=O)(=O)c5ccc(OC)cc5)cc4)OCCCO3)CC2)CC1. The maximum Gasteiger partial charge on any atom is 0.409 e. The van der Waals surface area contributed by atoms with Crippen LogP contribution in [0.4, 0.5) is 4.79 Å². The van der Waals surface area contributed by atoms with Crippen molar-refractivity contribution < 1.29 is 32.2 Å². The predicted molar refractivity (Wildman–Crippen MR) is 149 cm³/mol. The zero-order chi connectivity index (χ0) is 28.2. The number of hydrogen-bond acceptors (Lipinski definition) is 8. The van der Waals surface area contributed by atoms with Crippen molar-refractivity contribution in [2.24, 2.45) is 5.92 Å². The minimum absolute atomic E-state index is 0.160. The number of sulfone groups is 1. The fourth-order valence-electron chi connectivity index (χ4n) is 6.22. The van der Waals surface area contributed by atoms with E-state index in [1.54, 1.807) is 43.5 Å². The predicted octanol–water partition coefficient (Wildman–Crippen LogP) is 4.45. The quantitative estimate of drug-likeness (QED) is 0.481. The van der Waals surface area contributed by atoms with Crippen LogP contribution in [0.15, 0.2) is 58.3 Å². The number of hydrogen-bond donors (Lipinski definition) is 0. The third kappa shape index (κ3) is 5.86. The summed E-state index contributed by atoms with van der Waals surface area (Å²) in [5, 5.41) is 0. The number of benzene rings is 2. The number of amides is 1. The third-order valence-electron chi connectivity index (χ3n) is 8.43. The number of likely N-dealkylation sites (tertiary alicyclic amines) is 2. The minimum Gasteiger partial charge on any atom is -0.497 e. The average molecular weight is 573 g/mol. The molecule has 0 atom stereocenters. The van der Waals surface area contributed by atoms with E-state index in [1.165, 1.54) is 0 Å². The number of rotatable bonds is 7. The smallest absolute Gasteiger partial charge is 0.409 e. The van der Waals surface area contributed by atoms with E-state index in [1.807, 2.05) is 24.0 Å². The van der Waals surface area contributed by atoms with Crippen LogP contribution in [0.3, 0.4) is 0 Å². The highest BCUT2D eigenvalue weighted by molar-refractivity contribution is 7.91. The van der Waals surface area contributed by atoms with Crippen LogP contribution in [0, 0.1) is 5.92 Å². The number of carbonyl (C=O) groups is 1. The van der Waals surface area contributed by atoms with Crippen LogP contribution < -0.4 is 4.74 Å². The molecule has 2 aromatic rings. The van der Waals surface area contributed by atoms with E-state index in [2.05, 4.69) is 4.90 Å². The number of methoxy groups -OCH3 is 1. The first-order valence-corrected chi connectivity index (χ1v) is 15.8. The summed E-state index contributed by atoms with van der Waals surface area (Å²) in [6.45, 7) is 6.79. The van der Waals surface area contributed by atoms with Gasteiger partial charge in [-0.15, -0.1) is 0 Å². The Morgan fingerprint density at radius 2 is 1.48 bits per heavy atom. The van der Waals surface area contributed by atoms with Gasteiger partial charge in [-0.2, -0.15) is 0 Å². The van der Waals surface area contributed by atoms with E-state index >= 15 is 0 Å². The Bertz CT molecular complexity index is 1230. The summed E-state index contributed by atoms with van der Waals surface area (Å²) in [6, 6.07) is 13.9. The van der Waals surface area contributed by atoms with Crippen LogP contribution in [-0.4, -0.2) is 83.5 Å². The van der Waals surface area contributed by atoms with Gasteiger partial charge >= 0.3 is 6.09 Å². The van der Waals surface area contributed by atoms with Gasteiger partial charge in [0.1, 0.15) is 5.75 Å². The number of piperidine rings is 2. The van der Waals surface area contributed by atoms with Gasteiger partial charge in [-0.05, 0) is 88.5 Å². The molecule has 0 saturated carbocycles. The lowest BCUT2D eigenvalue weighted by molar-refractivity contribution is -0.309. The highest BCUT2D eigenvalue weighted by atomic mass is 32.2. The molecule has 10 heteroatoms. The monoisotopic (exact) mass is 572 g/mol. The number of carbonyl (C=O) groups excluding carboxylic acids is 1. The van der Waals surface area contributed by atoms with Crippen molar-refractivity contribution in [2.45, 2.75) is 60.6 Å². The molecule has 3 fully saturated rings. The van der Waals surface area contributed by atoms with Gasteiger partial charge in [-0.25, -0.2) is 13.2 Å². The van der Waals surface area contributed by atoms with Gasteiger partial charge in [0.15, 0.2) is 5.79 Å². The van der Waals surface area contributed by atoms with Crippen LogP contribution in [0.5, 0.6) is 5.75 Å². The Kier molecular flexibility index (Phi) is 8.99. The molecule has 0 N–H and O–H groups in total. The van der Waals surface area contributed by atoms with Crippen LogP contribution in [0.1, 0.15) is 44.6 Å². The second-order valence-electron chi connectivity index (χ2n) is 10.6. The Balaban J connectivity index is 1.26. The second kappa shape index (κ2) is 12.5. The van der Waals surface area contributed by atoms with Crippen molar-refractivity contribution in [1.29, 1.82) is 0 Å². The number of nitrogens with zero attached hydrogens (tertiary/aromatic N) is 2. The lowest BCUT2D eigenvalue weighted by Gasteiger charge is -2.48. The van der Waals surface area contributed by atoms with Crippen molar-refractivity contribution in [3.8, 4) is 5.75 Å². The van der Waals surface area contributed by atoms with Crippen LogP contribution >= 0.6 is 0 Å². The zero-order valence-corrected chi connectivity index (χ0v) is 24.2. The molecular formula is C30H40N2O7S. The molecule has 0 bridgehead atoms. The summed E-state index contributed by atoms with van der Waals surface area (Å²) in [5.41, 5.74) is 0.863. The van der Waals surface area contributed by atoms with E-state index in [-0.39, 0.29) is 21.8 Å². The van der Waals surface area contributed by atoms with E-state index in [0.29, 0.717) is 31.6 Å². The van der Waals surface area contributed by atoms with Crippen molar-refractivity contribution in [3.63, 3.8) is 0 Å². The van der Waals surface area contributed by atoms with Gasteiger partial charge in [0.2, 0.25) is 9.84 Å². The Morgan fingerprint density at radius 1 is 0.900 bits per heavy atom. The molecule has 3 saturated heterocycles. The molecule has 0 unspecified atom stereocenters. The summed E-state index contributed by atoms with van der Waals surface area (Å²) in [6.07, 6.45) is 4.37. The standard InChI is InChI=1S/C30H40N2O7S/c1-3-37-29(33)32-19-15-25(16-20-32)31-17-13-24(14-18-31)30(38-21-4-22-39-30)23-5-9-27(10-6-23)40(34,35)28-11-7-26(36-2)8-12-28/h5-12,24-25H,3-4,13-22H2,1-2H3. The van der Waals surface area contributed by atoms with Crippen molar-refractivity contribution in [1.82, 2.24) is 9.80 Å². The molecular weight excluding hydrogens is 532 g/mol. The van der Waals surface area contributed by atoms with E-state index < -0.39 is 15.6 Å². The Morgan fingerprint density at radius 3 is 2.02 bits per heavy atom. The summed E-state index contributed by atoms with van der Waals surface area (Å²) < 4.78 is 49.6. The molecule has 3 aliphatic heterocycles. The summed E-state index contributed by atoms with van der Waals surface area (Å²) in [5.74, 6) is -0.108. The largest absolute Gasteiger partial charge is 0.497 e. The van der Waals surface area contributed by atoms with Gasteiger partial charge in [-0.1, -0.05) is 12.1 Å². The molecule has 40 heavy (non-hydrogen) atoms. The maximum atomic E-state index is 13.2. The third-order valence-corrected chi connectivity index (χ3v) is 10.2. The van der Waals surface area contributed by atoms with E-state index in [4.69, 9.17) is 18.9 Å². The second-order valence-corrected chi connectivity index (χ2v) is 12.6. The number of ether oxygens (including phenoxy) is 4. The van der Waals surface area contributed by atoms with Crippen molar-refractivity contribution >= 4 is 15.9 Å². The first-order valence-electron chi connectivity index (χ1n) is 14.3. The molecule has 3 heterocycles. The molecule has 0 aromatic heterocycles.